The van der Waals surface area contributed by atoms with Crippen molar-refractivity contribution in [2.45, 2.75) is 62.8 Å². The third kappa shape index (κ3) is 4.05. The summed E-state index contributed by atoms with van der Waals surface area (Å²) in [5.41, 5.74) is 0.779. The number of ether oxygens (including phenoxy) is 1. The van der Waals surface area contributed by atoms with E-state index in [1.807, 2.05) is 7.05 Å². The molecular weight excluding hydrogens is 302 g/mol. The molecule has 1 aliphatic carbocycles. The molecule has 3 rings (SSSR count). The Morgan fingerprint density at radius 3 is 2.83 bits per heavy atom. The van der Waals surface area contributed by atoms with E-state index in [0.29, 0.717) is 6.54 Å². The lowest BCUT2D eigenvalue weighted by molar-refractivity contribution is -0.125. The third-order valence-corrected chi connectivity index (χ3v) is 4.10. The van der Waals surface area contributed by atoms with Crippen LogP contribution in [0.4, 0.5) is 0 Å². The molecule has 128 valence electrons. The highest BCUT2D eigenvalue weighted by Gasteiger charge is 2.43. The van der Waals surface area contributed by atoms with Crippen LogP contribution in [0.3, 0.4) is 0 Å². The van der Waals surface area contributed by atoms with Gasteiger partial charge in [-0.05, 0) is 19.9 Å². The minimum absolute atomic E-state index is 0.0492. The van der Waals surface area contributed by atoms with E-state index in [2.05, 4.69) is 20.9 Å². The molecule has 2 fully saturated rings. The van der Waals surface area contributed by atoms with Crippen molar-refractivity contribution >= 4 is 5.91 Å². The van der Waals surface area contributed by atoms with Crippen LogP contribution in [-0.4, -0.2) is 68.6 Å². The Kier molecular flexibility index (Phi) is 4.90. The summed E-state index contributed by atoms with van der Waals surface area (Å²) in [5, 5.41) is 34.0. The SMILES string of the molecule is CNCc1cn(C[C@@H]2O[C@@H](CC(=O)NC3CC3)[C@H](O)[C@@H]2O)nn1. The fourth-order valence-electron chi connectivity index (χ4n) is 2.72. The molecule has 9 nitrogen and oxygen atoms in total. The highest BCUT2D eigenvalue weighted by Crippen LogP contribution is 2.25. The van der Waals surface area contributed by atoms with Gasteiger partial charge >= 0.3 is 0 Å². The van der Waals surface area contributed by atoms with Crippen LogP contribution in [0.2, 0.25) is 0 Å². The monoisotopic (exact) mass is 325 g/mol. The molecule has 9 heteroatoms. The van der Waals surface area contributed by atoms with E-state index >= 15 is 0 Å². The summed E-state index contributed by atoms with van der Waals surface area (Å²) in [5.74, 6) is -0.151. The zero-order chi connectivity index (χ0) is 16.4. The lowest BCUT2D eigenvalue weighted by Crippen LogP contribution is -2.36. The first-order valence-electron chi connectivity index (χ1n) is 7.91. The van der Waals surface area contributed by atoms with Gasteiger partial charge in [-0.2, -0.15) is 0 Å². The maximum absolute atomic E-state index is 11.8. The molecule has 4 N–H and O–H groups in total. The number of carbonyl (C=O) groups is 1. The predicted octanol–water partition coefficient (Wildman–Crippen LogP) is -1.84. The Morgan fingerprint density at radius 2 is 2.13 bits per heavy atom. The molecule has 23 heavy (non-hydrogen) atoms. The Labute approximate surface area is 134 Å². The summed E-state index contributed by atoms with van der Waals surface area (Å²) in [6, 6.07) is 0.266. The topological polar surface area (TPSA) is 122 Å². The second kappa shape index (κ2) is 6.91. The van der Waals surface area contributed by atoms with E-state index in [4.69, 9.17) is 4.74 Å². The molecule has 0 spiro atoms. The molecule has 0 aromatic carbocycles. The minimum Gasteiger partial charge on any atom is -0.388 e. The number of aliphatic hydroxyl groups is 2. The van der Waals surface area contributed by atoms with Crippen LogP contribution >= 0.6 is 0 Å². The van der Waals surface area contributed by atoms with E-state index in [1.54, 1.807) is 10.9 Å². The van der Waals surface area contributed by atoms with Gasteiger partial charge in [-0.3, -0.25) is 4.79 Å². The van der Waals surface area contributed by atoms with Crippen molar-refractivity contribution in [3.8, 4) is 0 Å². The lowest BCUT2D eigenvalue weighted by atomic mass is 10.1. The number of aliphatic hydroxyl groups excluding tert-OH is 2. The van der Waals surface area contributed by atoms with Gasteiger partial charge in [-0.25, -0.2) is 4.68 Å². The summed E-state index contributed by atoms with van der Waals surface area (Å²) in [6.45, 7) is 0.871. The molecule has 2 heterocycles. The summed E-state index contributed by atoms with van der Waals surface area (Å²) in [6.07, 6.45) is 0.371. The van der Waals surface area contributed by atoms with E-state index in [-0.39, 0.29) is 24.9 Å². The van der Waals surface area contributed by atoms with E-state index in [1.165, 1.54) is 0 Å². The van der Waals surface area contributed by atoms with Crippen molar-refractivity contribution in [2.75, 3.05) is 7.05 Å². The molecule has 2 aliphatic rings. The maximum atomic E-state index is 11.8. The van der Waals surface area contributed by atoms with Gasteiger partial charge < -0.3 is 25.6 Å². The van der Waals surface area contributed by atoms with Crippen LogP contribution in [0.25, 0.3) is 0 Å². The van der Waals surface area contributed by atoms with Crippen molar-refractivity contribution in [2.24, 2.45) is 0 Å². The number of nitrogens with zero attached hydrogens (tertiary/aromatic N) is 3. The quantitative estimate of drug-likeness (QED) is 0.464. The average molecular weight is 325 g/mol. The number of hydrogen-bond donors (Lipinski definition) is 4. The Bertz CT molecular complexity index is 547. The molecule has 4 atom stereocenters. The van der Waals surface area contributed by atoms with E-state index < -0.39 is 24.4 Å². The fourth-order valence-corrected chi connectivity index (χ4v) is 2.72. The predicted molar refractivity (Wildman–Crippen MR) is 79.2 cm³/mol. The molecule has 1 aliphatic heterocycles. The first-order chi connectivity index (χ1) is 11.1. The number of hydrogen-bond acceptors (Lipinski definition) is 7. The molecule has 1 saturated heterocycles. The summed E-state index contributed by atoms with van der Waals surface area (Å²) >= 11 is 0. The molecule has 1 amide bonds. The second-order valence-corrected chi connectivity index (χ2v) is 6.20. The normalized spacial score (nSPS) is 30.6. The Hall–Kier alpha value is -1.55. The molecule has 1 saturated carbocycles. The van der Waals surface area contributed by atoms with E-state index in [9.17, 15) is 15.0 Å². The molecule has 0 bridgehead atoms. The van der Waals surface area contributed by atoms with Gasteiger partial charge in [-0.15, -0.1) is 5.10 Å². The smallest absolute Gasteiger partial charge is 0.222 e. The van der Waals surface area contributed by atoms with Crippen LogP contribution in [0, 0.1) is 0 Å². The van der Waals surface area contributed by atoms with Crippen LogP contribution in [0.1, 0.15) is 25.0 Å². The van der Waals surface area contributed by atoms with E-state index in [0.717, 1.165) is 18.5 Å². The Balaban J connectivity index is 1.54. The van der Waals surface area contributed by atoms with Crippen LogP contribution in [0.5, 0.6) is 0 Å². The maximum Gasteiger partial charge on any atom is 0.222 e. The van der Waals surface area contributed by atoms with Crippen LogP contribution < -0.4 is 10.6 Å². The van der Waals surface area contributed by atoms with Crippen LogP contribution in [-0.2, 0) is 22.6 Å². The summed E-state index contributed by atoms with van der Waals surface area (Å²) < 4.78 is 7.24. The molecule has 0 unspecified atom stereocenters. The van der Waals surface area contributed by atoms with Crippen LogP contribution in [0.15, 0.2) is 6.20 Å². The molecule has 1 aromatic heterocycles. The summed E-state index contributed by atoms with van der Waals surface area (Å²) in [7, 11) is 1.82. The first kappa shape index (κ1) is 16.3. The van der Waals surface area contributed by atoms with Gasteiger partial charge in [0.25, 0.3) is 0 Å². The van der Waals surface area contributed by atoms with Gasteiger partial charge in [0, 0.05) is 18.8 Å². The Morgan fingerprint density at radius 1 is 1.39 bits per heavy atom. The van der Waals surface area contributed by atoms with Gasteiger partial charge in [0.05, 0.1) is 24.8 Å². The molecular formula is C14H23N5O4. The largest absolute Gasteiger partial charge is 0.388 e. The van der Waals surface area contributed by atoms with Gasteiger partial charge in [0.15, 0.2) is 0 Å². The van der Waals surface area contributed by atoms with Crippen molar-refractivity contribution in [3.63, 3.8) is 0 Å². The average Bonchev–Trinajstić information content (AvgIpc) is 3.15. The van der Waals surface area contributed by atoms with Gasteiger partial charge in [0.1, 0.15) is 18.3 Å². The minimum atomic E-state index is -1.08. The summed E-state index contributed by atoms with van der Waals surface area (Å²) in [4.78, 5) is 11.8. The number of aromatic nitrogens is 3. The van der Waals surface area contributed by atoms with Crippen molar-refractivity contribution in [3.05, 3.63) is 11.9 Å². The fraction of sp³-hybridized carbons (Fsp3) is 0.786. The van der Waals surface area contributed by atoms with Crippen molar-refractivity contribution in [1.29, 1.82) is 0 Å². The number of amides is 1. The molecule has 0 radical (unpaired) electrons. The lowest BCUT2D eigenvalue weighted by Gasteiger charge is -2.14. The number of rotatable bonds is 7. The number of nitrogens with one attached hydrogen (secondary N) is 2. The van der Waals surface area contributed by atoms with Gasteiger partial charge in [0.2, 0.25) is 5.91 Å². The second-order valence-electron chi connectivity index (χ2n) is 6.20. The van der Waals surface area contributed by atoms with Gasteiger partial charge in [-0.1, -0.05) is 5.21 Å². The van der Waals surface area contributed by atoms with Crippen molar-refractivity contribution in [1.82, 2.24) is 25.6 Å². The first-order valence-corrected chi connectivity index (χ1v) is 7.91. The molecule has 1 aromatic rings. The highest BCUT2D eigenvalue weighted by molar-refractivity contribution is 5.77. The highest BCUT2D eigenvalue weighted by atomic mass is 16.5. The standard InChI is InChI=1S/C14H23N5O4/c1-15-5-9-6-19(18-17-9)7-11-14(22)13(21)10(23-11)4-12(20)16-8-2-3-8/h6,8,10-11,13-15,21-22H,2-5,7H2,1H3,(H,16,20)/t10-,11-,13-,14+/m0/s1. The zero-order valence-electron chi connectivity index (χ0n) is 13.1. The zero-order valence-corrected chi connectivity index (χ0v) is 13.1. The van der Waals surface area contributed by atoms with Crippen molar-refractivity contribution < 1.29 is 19.7 Å². The third-order valence-electron chi connectivity index (χ3n) is 4.10. The number of carbonyl (C=O) groups excluding carboxylic acids is 1.